The van der Waals surface area contributed by atoms with Gasteiger partial charge in [0.15, 0.2) is 5.82 Å². The van der Waals surface area contributed by atoms with Crippen molar-refractivity contribution in [1.29, 1.82) is 0 Å². The van der Waals surface area contributed by atoms with Crippen LogP contribution in [-0.4, -0.2) is 15.2 Å². The second-order valence-corrected chi connectivity index (χ2v) is 5.22. The quantitative estimate of drug-likeness (QED) is 0.715. The number of H-pyrrole nitrogens is 1. The highest BCUT2D eigenvalue weighted by atomic mass is 15.2. The summed E-state index contributed by atoms with van der Waals surface area (Å²) in [5.41, 5.74) is 9.17. The predicted molar refractivity (Wildman–Crippen MR) is 83.3 cm³/mol. The Morgan fingerprint density at radius 1 is 1.15 bits per heavy atom. The first-order chi connectivity index (χ1) is 9.83. The molecule has 2 aromatic rings. The van der Waals surface area contributed by atoms with Crippen LogP contribution < -0.4 is 5.73 Å². The van der Waals surface area contributed by atoms with Gasteiger partial charge in [0.1, 0.15) is 0 Å². The van der Waals surface area contributed by atoms with Gasteiger partial charge in [0, 0.05) is 29.2 Å². The first-order valence-electron chi connectivity index (χ1n) is 7.56. The van der Waals surface area contributed by atoms with E-state index in [2.05, 4.69) is 22.1 Å². The van der Waals surface area contributed by atoms with E-state index in [0.717, 1.165) is 23.2 Å². The Morgan fingerprint density at radius 3 is 2.70 bits per heavy atom. The van der Waals surface area contributed by atoms with Gasteiger partial charge in [-0.3, -0.25) is 10.1 Å². The third-order valence-corrected chi connectivity index (χ3v) is 3.60. The molecule has 0 saturated carbocycles. The average molecular weight is 272 g/mol. The fraction of sp³-hybridized carbons (Fsp3) is 0.500. The van der Waals surface area contributed by atoms with Crippen LogP contribution in [0.2, 0.25) is 0 Å². The van der Waals surface area contributed by atoms with Crippen molar-refractivity contribution in [3.05, 3.63) is 30.2 Å². The Labute approximate surface area is 120 Å². The molecule has 2 aromatic heterocycles. The predicted octanol–water partition coefficient (Wildman–Crippen LogP) is 3.96. The van der Waals surface area contributed by atoms with E-state index in [4.69, 9.17) is 5.73 Å². The first kappa shape index (κ1) is 14.6. The normalized spacial score (nSPS) is 10.8. The molecule has 0 atom stereocenters. The maximum absolute atomic E-state index is 5.97. The number of nitrogens with zero attached hydrogens (tertiary/aromatic N) is 2. The van der Waals surface area contributed by atoms with Crippen LogP contribution in [0, 0.1) is 0 Å². The van der Waals surface area contributed by atoms with Gasteiger partial charge in [-0.15, -0.1) is 0 Å². The standard InChI is InChI=1S/C16H24N4/c1-2-3-4-5-6-7-10-14-15(16(17)20-19-14)13-9-8-11-18-12-13/h8-9,11-12H,2-7,10H2,1H3,(H3,17,19,20). The molecular weight excluding hydrogens is 248 g/mol. The van der Waals surface area contributed by atoms with Crippen LogP contribution >= 0.6 is 0 Å². The fourth-order valence-corrected chi connectivity index (χ4v) is 2.49. The van der Waals surface area contributed by atoms with Gasteiger partial charge in [-0.1, -0.05) is 45.1 Å². The minimum Gasteiger partial charge on any atom is -0.382 e. The number of rotatable bonds is 8. The summed E-state index contributed by atoms with van der Waals surface area (Å²) in [6.07, 6.45) is 12.4. The van der Waals surface area contributed by atoms with Crippen molar-refractivity contribution < 1.29 is 0 Å². The zero-order valence-electron chi connectivity index (χ0n) is 12.2. The van der Waals surface area contributed by atoms with Crippen molar-refractivity contribution in [3.63, 3.8) is 0 Å². The lowest BCUT2D eigenvalue weighted by Crippen LogP contribution is -1.92. The third-order valence-electron chi connectivity index (χ3n) is 3.60. The maximum atomic E-state index is 5.97. The Bertz CT molecular complexity index is 504. The second-order valence-electron chi connectivity index (χ2n) is 5.22. The highest BCUT2D eigenvalue weighted by Gasteiger charge is 2.12. The molecule has 0 bridgehead atoms. The number of pyridine rings is 1. The summed E-state index contributed by atoms with van der Waals surface area (Å²) in [6.45, 7) is 2.24. The molecule has 0 aromatic carbocycles. The Morgan fingerprint density at radius 2 is 1.95 bits per heavy atom. The smallest absolute Gasteiger partial charge is 0.153 e. The van der Waals surface area contributed by atoms with Crippen LogP contribution in [0.1, 0.15) is 51.1 Å². The third kappa shape index (κ3) is 3.83. The van der Waals surface area contributed by atoms with E-state index in [1.54, 1.807) is 6.20 Å². The first-order valence-corrected chi connectivity index (χ1v) is 7.56. The molecule has 20 heavy (non-hydrogen) atoms. The number of unbranched alkanes of at least 4 members (excludes halogenated alkanes) is 5. The van der Waals surface area contributed by atoms with Gasteiger partial charge in [0.25, 0.3) is 0 Å². The van der Waals surface area contributed by atoms with Crippen LogP contribution in [0.3, 0.4) is 0 Å². The van der Waals surface area contributed by atoms with Crippen molar-refractivity contribution in [2.45, 2.75) is 51.9 Å². The van der Waals surface area contributed by atoms with E-state index in [1.165, 1.54) is 38.5 Å². The minimum absolute atomic E-state index is 0.569. The summed E-state index contributed by atoms with van der Waals surface area (Å²) in [6, 6.07) is 3.95. The van der Waals surface area contributed by atoms with Gasteiger partial charge in [0.05, 0.1) is 0 Å². The highest BCUT2D eigenvalue weighted by Crippen LogP contribution is 2.28. The molecule has 3 N–H and O–H groups in total. The maximum Gasteiger partial charge on any atom is 0.153 e. The van der Waals surface area contributed by atoms with Gasteiger partial charge in [-0.2, -0.15) is 5.10 Å². The number of aromatic amines is 1. The van der Waals surface area contributed by atoms with Gasteiger partial charge >= 0.3 is 0 Å². The van der Waals surface area contributed by atoms with Crippen LogP contribution in [0.15, 0.2) is 24.5 Å². The molecule has 108 valence electrons. The number of hydrogen-bond donors (Lipinski definition) is 2. The van der Waals surface area contributed by atoms with Gasteiger partial charge in [0.2, 0.25) is 0 Å². The van der Waals surface area contributed by atoms with E-state index in [-0.39, 0.29) is 0 Å². The number of nitrogen functional groups attached to an aromatic ring is 1. The molecule has 0 saturated heterocycles. The Hall–Kier alpha value is -1.84. The molecule has 0 fully saturated rings. The van der Waals surface area contributed by atoms with Crippen LogP contribution in [0.4, 0.5) is 5.82 Å². The van der Waals surface area contributed by atoms with Gasteiger partial charge in [-0.25, -0.2) is 0 Å². The summed E-state index contributed by atoms with van der Waals surface area (Å²) in [5, 5.41) is 7.22. The van der Waals surface area contributed by atoms with Crippen molar-refractivity contribution in [2.24, 2.45) is 0 Å². The number of nitrogens with two attached hydrogens (primary N) is 1. The summed E-state index contributed by atoms with van der Waals surface area (Å²) >= 11 is 0. The molecule has 0 aliphatic heterocycles. The Balaban J connectivity index is 1.93. The zero-order chi connectivity index (χ0) is 14.2. The van der Waals surface area contributed by atoms with Crippen molar-refractivity contribution in [3.8, 4) is 11.1 Å². The fourth-order valence-electron chi connectivity index (χ4n) is 2.49. The van der Waals surface area contributed by atoms with E-state index in [1.807, 2.05) is 18.3 Å². The molecule has 2 rings (SSSR count). The highest BCUT2D eigenvalue weighted by molar-refractivity contribution is 5.75. The lowest BCUT2D eigenvalue weighted by molar-refractivity contribution is 0.604. The number of nitrogens with one attached hydrogen (secondary N) is 1. The molecular formula is C16H24N4. The SMILES string of the molecule is CCCCCCCCc1[nH]nc(N)c1-c1cccnc1. The van der Waals surface area contributed by atoms with Crippen LogP contribution in [0.25, 0.3) is 11.1 Å². The largest absolute Gasteiger partial charge is 0.382 e. The number of hydrogen-bond acceptors (Lipinski definition) is 3. The molecule has 0 aliphatic rings. The number of anilines is 1. The lowest BCUT2D eigenvalue weighted by atomic mass is 10.0. The second kappa shape index (κ2) is 7.68. The summed E-state index contributed by atoms with van der Waals surface area (Å²) in [5.74, 6) is 0.569. The van der Waals surface area contributed by atoms with Crippen molar-refractivity contribution in [1.82, 2.24) is 15.2 Å². The van der Waals surface area contributed by atoms with E-state index < -0.39 is 0 Å². The molecule has 4 heteroatoms. The van der Waals surface area contributed by atoms with Crippen molar-refractivity contribution >= 4 is 5.82 Å². The average Bonchev–Trinajstić information content (AvgIpc) is 2.84. The molecule has 0 radical (unpaired) electrons. The monoisotopic (exact) mass is 272 g/mol. The molecule has 4 nitrogen and oxygen atoms in total. The molecule has 2 heterocycles. The molecule has 0 spiro atoms. The van der Waals surface area contributed by atoms with Crippen LogP contribution in [-0.2, 0) is 6.42 Å². The van der Waals surface area contributed by atoms with Crippen molar-refractivity contribution in [2.75, 3.05) is 5.73 Å². The van der Waals surface area contributed by atoms with E-state index in [0.29, 0.717) is 5.82 Å². The van der Waals surface area contributed by atoms with E-state index >= 15 is 0 Å². The summed E-state index contributed by atoms with van der Waals surface area (Å²) in [4.78, 5) is 4.16. The molecule has 0 aliphatic carbocycles. The lowest BCUT2D eigenvalue weighted by Gasteiger charge is -2.04. The number of aryl methyl sites for hydroxylation is 1. The van der Waals surface area contributed by atoms with Crippen LogP contribution in [0.5, 0.6) is 0 Å². The number of aromatic nitrogens is 3. The Kier molecular flexibility index (Phi) is 5.59. The minimum atomic E-state index is 0.569. The zero-order valence-corrected chi connectivity index (χ0v) is 12.2. The van der Waals surface area contributed by atoms with Gasteiger partial charge < -0.3 is 5.73 Å². The summed E-state index contributed by atoms with van der Waals surface area (Å²) in [7, 11) is 0. The summed E-state index contributed by atoms with van der Waals surface area (Å²) < 4.78 is 0. The molecule has 0 unspecified atom stereocenters. The van der Waals surface area contributed by atoms with Gasteiger partial charge in [-0.05, 0) is 18.9 Å². The topological polar surface area (TPSA) is 67.6 Å². The molecule has 0 amide bonds. The van der Waals surface area contributed by atoms with E-state index in [9.17, 15) is 0 Å².